The van der Waals surface area contributed by atoms with E-state index in [9.17, 15) is 0 Å². The van der Waals surface area contributed by atoms with Crippen LogP contribution in [0, 0.1) is 5.82 Å². The first kappa shape index (κ1) is 24.7. The maximum absolute atomic E-state index is 16.1. The fourth-order valence-corrected chi connectivity index (χ4v) is 4.82. The number of aryl methyl sites for hydroxylation is 1. The van der Waals surface area contributed by atoms with Gasteiger partial charge in [-0.25, -0.2) is 4.39 Å². The molecule has 35 heavy (non-hydrogen) atoms. The molecule has 4 aromatic rings. The van der Waals surface area contributed by atoms with Gasteiger partial charge in [-0.3, -0.25) is 0 Å². The van der Waals surface area contributed by atoms with Gasteiger partial charge in [0.05, 0.1) is 0 Å². The second-order valence-electron chi connectivity index (χ2n) is 9.10. The summed E-state index contributed by atoms with van der Waals surface area (Å²) in [4.78, 5) is 0. The Bertz CT molecular complexity index is 1270. The predicted molar refractivity (Wildman–Crippen MR) is 148 cm³/mol. The van der Waals surface area contributed by atoms with Crippen molar-refractivity contribution in [1.82, 2.24) is 0 Å². The van der Waals surface area contributed by atoms with E-state index in [1.54, 1.807) is 6.08 Å². The average Bonchev–Trinajstić information content (AvgIpc) is 2.91. The Morgan fingerprint density at radius 2 is 1.26 bits per heavy atom. The Morgan fingerprint density at radius 3 is 1.86 bits per heavy atom. The highest BCUT2D eigenvalue weighted by Gasteiger charge is 2.20. The summed E-state index contributed by atoms with van der Waals surface area (Å²) in [5, 5.41) is 1.80. The monoisotopic (exact) mass is 466 g/mol. The molecule has 0 saturated heterocycles. The van der Waals surface area contributed by atoms with Gasteiger partial charge in [-0.2, -0.15) is 0 Å². The Labute approximate surface area is 209 Å². The minimum Gasteiger partial charge on any atom is -0.490 e. The Hall–Kier alpha value is -3.39. The van der Waals surface area contributed by atoms with Crippen LogP contribution in [-0.4, -0.2) is 6.61 Å². The third-order valence-electron chi connectivity index (χ3n) is 6.66. The fraction of sp³-hybridized carbons (Fsp3) is 0.273. The largest absolute Gasteiger partial charge is 0.490 e. The number of hydrogen-bond acceptors (Lipinski definition) is 1. The van der Waals surface area contributed by atoms with Crippen LogP contribution in [0.25, 0.3) is 33.0 Å². The van der Waals surface area contributed by atoms with Crippen molar-refractivity contribution in [1.29, 1.82) is 0 Å². The molecule has 0 aromatic heterocycles. The fourth-order valence-electron chi connectivity index (χ4n) is 4.82. The van der Waals surface area contributed by atoms with Crippen molar-refractivity contribution in [2.24, 2.45) is 0 Å². The lowest BCUT2D eigenvalue weighted by molar-refractivity contribution is 0.363. The van der Waals surface area contributed by atoms with Crippen LogP contribution in [0.4, 0.5) is 4.39 Å². The molecule has 180 valence electrons. The number of halogens is 1. The van der Waals surface area contributed by atoms with Crippen molar-refractivity contribution in [3.05, 3.63) is 102 Å². The van der Waals surface area contributed by atoms with Crippen molar-refractivity contribution in [2.75, 3.05) is 6.61 Å². The van der Waals surface area contributed by atoms with E-state index in [4.69, 9.17) is 4.74 Å². The molecule has 0 N–H and O–H groups in total. The molecule has 0 fully saturated rings. The first-order valence-electron chi connectivity index (χ1n) is 12.8. The number of fused-ring (bicyclic) bond motifs is 1. The summed E-state index contributed by atoms with van der Waals surface area (Å²) in [6, 6.07) is 24.4. The van der Waals surface area contributed by atoms with Crippen LogP contribution >= 0.6 is 0 Å². The molecular weight excluding hydrogens is 431 g/mol. The molecule has 0 spiro atoms. The maximum Gasteiger partial charge on any atom is 0.139 e. The molecule has 0 aliphatic rings. The van der Waals surface area contributed by atoms with Crippen LogP contribution in [0.5, 0.6) is 5.75 Å². The summed E-state index contributed by atoms with van der Waals surface area (Å²) in [6.45, 7) is 8.60. The molecule has 0 radical (unpaired) electrons. The topological polar surface area (TPSA) is 9.23 Å². The smallest absolute Gasteiger partial charge is 0.139 e. The van der Waals surface area contributed by atoms with Gasteiger partial charge < -0.3 is 4.74 Å². The number of ether oxygens (including phenoxy) is 1. The van der Waals surface area contributed by atoms with Crippen molar-refractivity contribution in [3.63, 3.8) is 0 Å². The van der Waals surface area contributed by atoms with Gasteiger partial charge in [0.25, 0.3) is 0 Å². The summed E-state index contributed by atoms with van der Waals surface area (Å²) in [6.07, 6.45) is 8.01. The molecule has 0 bridgehead atoms. The Kier molecular flexibility index (Phi) is 8.36. The van der Waals surface area contributed by atoms with E-state index in [-0.39, 0.29) is 5.82 Å². The zero-order chi connectivity index (χ0) is 24.6. The van der Waals surface area contributed by atoms with Gasteiger partial charge in [-0.05, 0) is 71.0 Å². The molecule has 0 heterocycles. The predicted octanol–water partition coefficient (Wildman–Crippen LogP) is 9.56. The SMILES string of the molecule is C=CCOc1ccc(-c2ccc(-c3c(CCCC)c(CCCC)c4ccccc4c3F)cc2)cc1. The van der Waals surface area contributed by atoms with Gasteiger partial charge in [-0.15, -0.1) is 0 Å². The van der Waals surface area contributed by atoms with Gasteiger partial charge in [0.2, 0.25) is 0 Å². The molecule has 0 amide bonds. The van der Waals surface area contributed by atoms with E-state index < -0.39 is 0 Å². The summed E-state index contributed by atoms with van der Waals surface area (Å²) >= 11 is 0. The lowest BCUT2D eigenvalue weighted by atomic mass is 9.85. The third-order valence-corrected chi connectivity index (χ3v) is 6.66. The molecule has 0 saturated carbocycles. The molecule has 4 rings (SSSR count). The summed E-state index contributed by atoms with van der Waals surface area (Å²) in [7, 11) is 0. The third kappa shape index (κ3) is 5.48. The summed E-state index contributed by atoms with van der Waals surface area (Å²) < 4.78 is 21.7. The summed E-state index contributed by atoms with van der Waals surface area (Å²) in [5.74, 6) is 0.729. The standard InChI is InChI=1S/C33H35FO/c1-4-7-11-28-29-13-9-10-14-31(29)33(34)32(30(28)12-8-5-2)26-17-15-24(16-18-26)25-19-21-27(22-20-25)35-23-6-3/h6,9-10,13-22H,3-5,7-8,11-12,23H2,1-2H3. The van der Waals surface area contributed by atoms with E-state index in [1.807, 2.05) is 30.3 Å². The van der Waals surface area contributed by atoms with Crippen molar-refractivity contribution in [2.45, 2.75) is 52.4 Å². The lowest BCUT2D eigenvalue weighted by Gasteiger charge is -2.20. The zero-order valence-electron chi connectivity index (χ0n) is 20.9. The van der Waals surface area contributed by atoms with Crippen molar-refractivity contribution < 1.29 is 9.13 Å². The molecule has 4 aromatic carbocycles. The second kappa shape index (κ2) is 11.8. The first-order valence-corrected chi connectivity index (χ1v) is 12.8. The van der Waals surface area contributed by atoms with Crippen molar-refractivity contribution >= 4 is 10.8 Å². The second-order valence-corrected chi connectivity index (χ2v) is 9.10. The van der Waals surface area contributed by atoms with E-state index in [0.717, 1.165) is 77.3 Å². The van der Waals surface area contributed by atoms with Gasteiger partial charge >= 0.3 is 0 Å². The molecular formula is C33H35FO. The highest BCUT2D eigenvalue weighted by Crippen LogP contribution is 2.38. The van der Waals surface area contributed by atoms with Gasteiger partial charge in [0, 0.05) is 10.9 Å². The minimum absolute atomic E-state index is 0.0941. The molecule has 2 heteroatoms. The van der Waals surface area contributed by atoms with E-state index in [2.05, 4.69) is 62.9 Å². The van der Waals surface area contributed by atoms with Gasteiger partial charge in [0.1, 0.15) is 18.2 Å². The number of rotatable bonds is 11. The van der Waals surface area contributed by atoms with Crippen LogP contribution in [0.15, 0.2) is 85.5 Å². The number of hydrogen-bond donors (Lipinski definition) is 0. The van der Waals surface area contributed by atoms with Crippen LogP contribution in [0.3, 0.4) is 0 Å². The quantitative estimate of drug-likeness (QED) is 0.200. The van der Waals surface area contributed by atoms with Crippen LogP contribution in [-0.2, 0) is 12.8 Å². The van der Waals surface area contributed by atoms with Crippen LogP contribution in [0.1, 0.15) is 50.7 Å². The highest BCUT2D eigenvalue weighted by molar-refractivity contribution is 5.93. The molecule has 0 aliphatic carbocycles. The van der Waals surface area contributed by atoms with E-state index >= 15 is 4.39 Å². The molecule has 0 atom stereocenters. The number of unbranched alkanes of at least 4 members (excludes halogenated alkanes) is 2. The average molecular weight is 467 g/mol. The summed E-state index contributed by atoms with van der Waals surface area (Å²) in [5.41, 5.74) is 6.46. The highest BCUT2D eigenvalue weighted by atomic mass is 19.1. The van der Waals surface area contributed by atoms with Gasteiger partial charge in [-0.1, -0.05) is 100 Å². The molecule has 1 nitrogen and oxygen atoms in total. The minimum atomic E-state index is -0.0941. The maximum atomic E-state index is 16.1. The number of benzene rings is 4. The Morgan fingerprint density at radius 1 is 0.714 bits per heavy atom. The lowest BCUT2D eigenvalue weighted by Crippen LogP contribution is -2.03. The molecule has 0 aliphatic heterocycles. The van der Waals surface area contributed by atoms with Crippen molar-refractivity contribution in [3.8, 4) is 28.0 Å². The van der Waals surface area contributed by atoms with E-state index in [0.29, 0.717) is 6.61 Å². The van der Waals surface area contributed by atoms with Crippen LogP contribution in [0.2, 0.25) is 0 Å². The normalized spacial score (nSPS) is 11.1. The Balaban J connectivity index is 1.78. The van der Waals surface area contributed by atoms with Crippen LogP contribution < -0.4 is 4.74 Å². The molecule has 0 unspecified atom stereocenters. The van der Waals surface area contributed by atoms with Gasteiger partial charge in [0.15, 0.2) is 0 Å². The zero-order valence-corrected chi connectivity index (χ0v) is 20.9. The first-order chi connectivity index (χ1) is 17.2. The van der Waals surface area contributed by atoms with E-state index in [1.165, 1.54) is 11.1 Å².